The van der Waals surface area contributed by atoms with E-state index in [2.05, 4.69) is 10.1 Å². The summed E-state index contributed by atoms with van der Waals surface area (Å²) in [4.78, 5) is 16.5. The summed E-state index contributed by atoms with van der Waals surface area (Å²) in [6, 6.07) is 9.30. The number of urea groups is 1. The second kappa shape index (κ2) is 11.9. The van der Waals surface area contributed by atoms with Crippen molar-refractivity contribution in [2.45, 2.75) is 25.7 Å². The number of anilines is 2. The molecule has 5 rings (SSSR count). The van der Waals surface area contributed by atoms with E-state index in [1.54, 1.807) is 17.9 Å². The van der Waals surface area contributed by atoms with Crippen molar-refractivity contribution in [3.8, 4) is 5.75 Å². The number of carbonyl (C=O) groups is 1. The number of rotatable bonds is 4. The summed E-state index contributed by atoms with van der Waals surface area (Å²) in [6.07, 6.45) is -4.76. The zero-order valence-electron chi connectivity index (χ0n) is 23.8. The maximum absolute atomic E-state index is 13.6. The van der Waals surface area contributed by atoms with Crippen LogP contribution in [0.4, 0.5) is 29.3 Å². The molecule has 5 N–H and O–H groups in total. The van der Waals surface area contributed by atoms with Gasteiger partial charge in [-0.2, -0.15) is 26.3 Å². The van der Waals surface area contributed by atoms with Crippen molar-refractivity contribution in [1.29, 1.82) is 0 Å². The number of nitrogens with zero attached hydrogens (tertiary/aromatic N) is 4. The summed E-state index contributed by atoms with van der Waals surface area (Å²) in [5.41, 5.74) is 3.04. The van der Waals surface area contributed by atoms with Gasteiger partial charge in [-0.1, -0.05) is 12.1 Å². The Morgan fingerprint density at radius 2 is 1.51 bits per heavy atom. The van der Waals surface area contributed by atoms with Crippen LogP contribution in [0.15, 0.2) is 41.5 Å². The molecule has 16 heteroatoms. The van der Waals surface area contributed by atoms with Gasteiger partial charge in [-0.05, 0) is 43.2 Å². The number of hydrogen-bond acceptors (Lipinski definition) is 9. The second-order valence-electron chi connectivity index (χ2n) is 10.9. The highest BCUT2D eigenvalue weighted by molar-refractivity contribution is 8.24. The lowest BCUT2D eigenvalue weighted by atomic mass is 9.93. The Bertz CT molecular complexity index is 1370. The lowest BCUT2D eigenvalue weighted by Gasteiger charge is -2.42. The smallest absolute Gasteiger partial charge is 0.404 e. The summed E-state index contributed by atoms with van der Waals surface area (Å²) < 4.78 is 85.3. The van der Waals surface area contributed by atoms with E-state index in [1.807, 2.05) is 29.2 Å². The predicted molar refractivity (Wildman–Crippen MR) is 164 cm³/mol. The fraction of sp³-hybridized carbons (Fsp3) is 0.481. The number of alkyl halides is 3. The Morgan fingerprint density at radius 3 is 2.05 bits per heavy atom. The van der Waals surface area contributed by atoms with Gasteiger partial charge in [0.15, 0.2) is 5.75 Å². The number of halogens is 3. The maximum atomic E-state index is 13.6. The largest absolute Gasteiger partial charge is 0.573 e. The molecule has 0 spiro atoms. The molecular weight excluding hydrogens is 611 g/mol. The Balaban J connectivity index is 1.59. The zero-order valence-corrected chi connectivity index (χ0v) is 25.4. The number of fused-ring (bicyclic) bond motifs is 1. The summed E-state index contributed by atoms with van der Waals surface area (Å²) in [5, 5.41) is 8.57. The molecule has 43 heavy (non-hydrogen) atoms. The monoisotopic (exact) mass is 647 g/mol. The fourth-order valence-electron chi connectivity index (χ4n) is 5.47. The van der Waals surface area contributed by atoms with Crippen molar-refractivity contribution in [2.24, 2.45) is 5.10 Å². The molecule has 2 aromatic rings. The normalized spacial score (nSPS) is 23.4. The van der Waals surface area contributed by atoms with Gasteiger partial charge in [0.1, 0.15) is 0 Å². The molecular formula is C27H36F3N5O6S2. The molecule has 0 saturated carbocycles. The van der Waals surface area contributed by atoms with Gasteiger partial charge < -0.3 is 19.9 Å². The van der Waals surface area contributed by atoms with Crippen LogP contribution in [-0.4, -0.2) is 104 Å². The molecule has 1 unspecified atom stereocenters. The van der Waals surface area contributed by atoms with Crippen LogP contribution in [0.1, 0.15) is 23.6 Å². The molecule has 1 atom stereocenters. The molecule has 2 aromatic carbocycles. The third-order valence-electron chi connectivity index (χ3n) is 7.83. The minimum Gasteiger partial charge on any atom is -0.404 e. The molecule has 11 nitrogen and oxygen atoms in total. The standard InChI is InChI=1S/C27H36F3N5O6S2/c1-18-15-20-16-24(41-27(28,29)30)23(34-9-13-43(39,40)14-10-34)17-22(20)25(32-35(18)26(36)31-2)19-3-5-21(6-4-19)33-7-11-42(37,38)12-8-33/h3-6,16-18,37-40H,7-15H2,1-2H3,(H,31,36). The van der Waals surface area contributed by atoms with Crippen molar-refractivity contribution in [2.75, 3.05) is 66.0 Å². The number of hydrazone groups is 1. The van der Waals surface area contributed by atoms with Gasteiger partial charge in [0.2, 0.25) is 0 Å². The van der Waals surface area contributed by atoms with Gasteiger partial charge in [-0.15, -0.1) is 13.2 Å². The first-order valence-corrected chi connectivity index (χ1v) is 17.5. The molecule has 0 aromatic heterocycles. The summed E-state index contributed by atoms with van der Waals surface area (Å²) in [5.74, 6) is 0.196. The minimum absolute atomic E-state index is 0.0190. The van der Waals surface area contributed by atoms with Crippen LogP contribution in [0.2, 0.25) is 0 Å². The highest BCUT2D eigenvalue weighted by Crippen LogP contribution is 2.45. The van der Waals surface area contributed by atoms with Crippen LogP contribution in [0.3, 0.4) is 0 Å². The highest BCUT2D eigenvalue weighted by atomic mass is 32.3. The van der Waals surface area contributed by atoms with Crippen molar-refractivity contribution >= 4 is 44.3 Å². The quantitative estimate of drug-likeness (QED) is 0.310. The van der Waals surface area contributed by atoms with Crippen LogP contribution >= 0.6 is 21.2 Å². The van der Waals surface area contributed by atoms with Crippen LogP contribution < -0.4 is 19.9 Å². The third kappa shape index (κ3) is 7.26. The van der Waals surface area contributed by atoms with Gasteiger partial charge in [0.05, 0.1) is 40.5 Å². The predicted octanol–water partition coefficient (Wildman–Crippen LogP) is 5.06. The molecule has 0 aliphatic carbocycles. The first-order valence-electron chi connectivity index (χ1n) is 13.7. The fourth-order valence-corrected chi connectivity index (χ4v) is 7.93. The lowest BCUT2D eigenvalue weighted by Crippen LogP contribution is -2.41. The summed E-state index contributed by atoms with van der Waals surface area (Å²) in [7, 11) is -3.89. The molecule has 0 radical (unpaired) electrons. The second-order valence-corrected chi connectivity index (χ2v) is 15.7. The first-order chi connectivity index (χ1) is 20.1. The van der Waals surface area contributed by atoms with Crippen molar-refractivity contribution < 1.29 is 40.9 Å². The van der Waals surface area contributed by atoms with E-state index in [4.69, 9.17) is 5.10 Å². The average molecular weight is 648 g/mol. The molecule has 3 heterocycles. The van der Waals surface area contributed by atoms with E-state index in [0.717, 1.165) is 5.69 Å². The van der Waals surface area contributed by atoms with Gasteiger partial charge in [0.25, 0.3) is 0 Å². The Labute approximate surface area is 251 Å². The van der Waals surface area contributed by atoms with E-state index in [-0.39, 0.29) is 48.2 Å². The van der Waals surface area contributed by atoms with E-state index < -0.39 is 45.4 Å². The maximum Gasteiger partial charge on any atom is 0.573 e. The summed E-state index contributed by atoms with van der Waals surface area (Å²) >= 11 is 0. The Morgan fingerprint density at radius 1 is 0.953 bits per heavy atom. The van der Waals surface area contributed by atoms with Crippen molar-refractivity contribution in [3.63, 3.8) is 0 Å². The SMILES string of the molecule is CNC(=O)N1N=C(c2ccc(N3CCS(O)(O)CC3)cc2)c2cc(N3CCS(O)(O)CC3)c(OC(F)(F)F)cc2CC1C. The first kappa shape index (κ1) is 31.5. The molecule has 3 aliphatic rings. The van der Waals surface area contributed by atoms with Gasteiger partial charge >= 0.3 is 12.4 Å². The number of carbonyl (C=O) groups excluding carboxylic acids is 1. The van der Waals surface area contributed by atoms with E-state index in [0.29, 0.717) is 35.5 Å². The number of amides is 2. The van der Waals surface area contributed by atoms with Crippen LogP contribution in [-0.2, 0) is 6.42 Å². The number of benzene rings is 2. The topological polar surface area (TPSA) is 141 Å². The number of nitrogens with one attached hydrogen (secondary N) is 1. The average Bonchev–Trinajstić information content (AvgIpc) is 3.07. The molecule has 238 valence electrons. The van der Waals surface area contributed by atoms with Gasteiger partial charge in [-0.3, -0.25) is 18.2 Å². The zero-order chi connectivity index (χ0) is 31.2. The Kier molecular flexibility index (Phi) is 8.72. The van der Waals surface area contributed by atoms with Crippen molar-refractivity contribution in [3.05, 3.63) is 53.1 Å². The summed E-state index contributed by atoms with van der Waals surface area (Å²) in [6.45, 7) is 2.97. The minimum atomic E-state index is -4.96. The third-order valence-corrected chi connectivity index (χ3v) is 11.2. The molecule has 0 bridgehead atoms. The van der Waals surface area contributed by atoms with Gasteiger partial charge in [-0.25, -0.2) is 9.80 Å². The molecule has 2 fully saturated rings. The van der Waals surface area contributed by atoms with Crippen LogP contribution in [0.5, 0.6) is 5.75 Å². The van der Waals surface area contributed by atoms with E-state index in [1.165, 1.54) is 18.1 Å². The lowest BCUT2D eigenvalue weighted by molar-refractivity contribution is -0.274. The van der Waals surface area contributed by atoms with E-state index >= 15 is 0 Å². The number of ether oxygens (including phenoxy) is 1. The Hall–Kier alpha value is -2.89. The molecule has 2 saturated heterocycles. The van der Waals surface area contributed by atoms with Crippen LogP contribution in [0, 0.1) is 0 Å². The molecule has 3 aliphatic heterocycles. The molecule has 2 amide bonds. The van der Waals surface area contributed by atoms with Crippen LogP contribution in [0.25, 0.3) is 0 Å². The van der Waals surface area contributed by atoms with Gasteiger partial charge in [0, 0.05) is 50.0 Å². The number of hydrogen-bond donors (Lipinski definition) is 5. The van der Waals surface area contributed by atoms with Crippen molar-refractivity contribution in [1.82, 2.24) is 10.3 Å². The highest BCUT2D eigenvalue weighted by Gasteiger charge is 2.36. The van der Waals surface area contributed by atoms with E-state index in [9.17, 15) is 36.2 Å².